The minimum atomic E-state index is -3.86. The highest BCUT2D eigenvalue weighted by molar-refractivity contribution is 7.89. The van der Waals surface area contributed by atoms with Crippen LogP contribution >= 0.6 is 11.6 Å². The Morgan fingerprint density at radius 3 is 2.39 bits per heavy atom. The molecular formula is C17H17ClF2N2O5S. The van der Waals surface area contributed by atoms with E-state index in [4.69, 9.17) is 16.3 Å². The second kappa shape index (κ2) is 8.72. The van der Waals surface area contributed by atoms with Crippen LogP contribution in [0.1, 0.15) is 10.4 Å². The second-order valence-corrected chi connectivity index (χ2v) is 8.16. The van der Waals surface area contributed by atoms with Crippen LogP contribution in [0.15, 0.2) is 41.3 Å². The summed E-state index contributed by atoms with van der Waals surface area (Å²) in [7, 11) is 0.0872. The van der Waals surface area contributed by atoms with Gasteiger partial charge in [-0.25, -0.2) is 12.7 Å². The summed E-state index contributed by atoms with van der Waals surface area (Å²) in [5.74, 6) is -0.869. The van der Waals surface area contributed by atoms with E-state index in [1.165, 1.54) is 45.5 Å². The first-order chi connectivity index (χ1) is 13.1. The summed E-state index contributed by atoms with van der Waals surface area (Å²) in [6.45, 7) is -3.07. The van der Waals surface area contributed by atoms with Crippen LogP contribution in [0.3, 0.4) is 0 Å². The zero-order valence-corrected chi connectivity index (χ0v) is 16.6. The Morgan fingerprint density at radius 1 is 1.14 bits per heavy atom. The quantitative estimate of drug-likeness (QED) is 0.721. The molecule has 0 saturated carbocycles. The number of nitrogens with zero attached hydrogens (tertiary/aromatic N) is 1. The Kier molecular flexibility index (Phi) is 6.81. The van der Waals surface area contributed by atoms with Gasteiger partial charge in [-0.2, -0.15) is 8.78 Å². The molecule has 0 spiro atoms. The van der Waals surface area contributed by atoms with Crippen molar-refractivity contribution in [3.05, 3.63) is 47.0 Å². The van der Waals surface area contributed by atoms with Gasteiger partial charge in [-0.3, -0.25) is 4.79 Å². The number of halogens is 3. The zero-order valence-electron chi connectivity index (χ0n) is 15.1. The van der Waals surface area contributed by atoms with Crippen LogP contribution in [-0.2, 0) is 10.0 Å². The van der Waals surface area contributed by atoms with Crippen molar-refractivity contribution >= 4 is 33.2 Å². The third-order valence-electron chi connectivity index (χ3n) is 3.59. The van der Waals surface area contributed by atoms with E-state index in [9.17, 15) is 22.0 Å². The number of benzene rings is 2. The van der Waals surface area contributed by atoms with Crippen LogP contribution in [0.4, 0.5) is 14.5 Å². The summed E-state index contributed by atoms with van der Waals surface area (Å²) < 4.78 is 59.9. The van der Waals surface area contributed by atoms with Crippen molar-refractivity contribution in [2.45, 2.75) is 11.5 Å². The van der Waals surface area contributed by atoms with Crippen molar-refractivity contribution in [2.75, 3.05) is 26.5 Å². The number of carbonyl (C=O) groups is 1. The van der Waals surface area contributed by atoms with Gasteiger partial charge in [0.15, 0.2) is 11.5 Å². The number of anilines is 1. The van der Waals surface area contributed by atoms with Crippen molar-refractivity contribution in [1.82, 2.24) is 4.31 Å². The number of hydrogen-bond donors (Lipinski definition) is 1. The summed E-state index contributed by atoms with van der Waals surface area (Å²) in [5.41, 5.74) is 0.158. The Morgan fingerprint density at radius 2 is 1.82 bits per heavy atom. The molecule has 2 rings (SSSR count). The van der Waals surface area contributed by atoms with Gasteiger partial charge in [0.25, 0.3) is 5.91 Å². The van der Waals surface area contributed by atoms with Crippen LogP contribution in [0.2, 0.25) is 5.02 Å². The number of sulfonamides is 1. The minimum absolute atomic E-state index is 0.0111. The molecule has 0 aromatic heterocycles. The van der Waals surface area contributed by atoms with Gasteiger partial charge in [0.05, 0.1) is 12.1 Å². The summed E-state index contributed by atoms with van der Waals surface area (Å²) in [6, 6.07) is 7.68. The molecule has 0 radical (unpaired) electrons. The third-order valence-corrected chi connectivity index (χ3v) is 5.89. The molecule has 2 aromatic carbocycles. The normalized spacial score (nSPS) is 11.6. The molecule has 0 unspecified atom stereocenters. The van der Waals surface area contributed by atoms with Crippen molar-refractivity contribution in [3.8, 4) is 11.5 Å². The largest absolute Gasteiger partial charge is 0.493 e. The number of hydrogen-bond acceptors (Lipinski definition) is 5. The highest BCUT2D eigenvalue weighted by atomic mass is 35.5. The van der Waals surface area contributed by atoms with E-state index in [0.29, 0.717) is 0 Å². The highest BCUT2D eigenvalue weighted by Gasteiger charge is 2.22. The smallest absolute Gasteiger partial charge is 0.387 e. The molecule has 11 heteroatoms. The van der Waals surface area contributed by atoms with E-state index in [2.05, 4.69) is 10.1 Å². The van der Waals surface area contributed by atoms with Gasteiger partial charge in [0.2, 0.25) is 10.0 Å². The summed E-state index contributed by atoms with van der Waals surface area (Å²) in [5, 5.41) is 2.44. The molecule has 0 heterocycles. The van der Waals surface area contributed by atoms with Gasteiger partial charge in [-0.1, -0.05) is 11.6 Å². The first-order valence-electron chi connectivity index (χ1n) is 7.72. The van der Waals surface area contributed by atoms with E-state index < -0.39 is 22.5 Å². The lowest BCUT2D eigenvalue weighted by Crippen LogP contribution is -2.23. The molecule has 0 aliphatic rings. The van der Waals surface area contributed by atoms with E-state index in [1.807, 2.05) is 0 Å². The Bertz CT molecular complexity index is 984. The summed E-state index contributed by atoms with van der Waals surface area (Å²) in [4.78, 5) is 12.2. The zero-order chi connectivity index (χ0) is 21.1. The standard InChI is InChI=1S/C17H17ClF2N2O5S/c1-22(2)28(24,25)15-8-10(4-6-12(15)18)16(23)21-11-5-7-13(26-3)14(9-11)27-17(19)20/h4-9,17H,1-3H3,(H,21,23). The van der Waals surface area contributed by atoms with Crippen molar-refractivity contribution in [3.63, 3.8) is 0 Å². The molecule has 28 heavy (non-hydrogen) atoms. The first kappa shape index (κ1) is 21.9. The monoisotopic (exact) mass is 434 g/mol. The predicted octanol–water partition coefficient (Wildman–Crippen LogP) is 3.45. The first-order valence-corrected chi connectivity index (χ1v) is 9.54. The maximum Gasteiger partial charge on any atom is 0.387 e. The average molecular weight is 435 g/mol. The lowest BCUT2D eigenvalue weighted by Gasteiger charge is -2.14. The number of amides is 1. The molecule has 152 valence electrons. The van der Waals surface area contributed by atoms with Crippen molar-refractivity contribution in [2.24, 2.45) is 0 Å². The van der Waals surface area contributed by atoms with Gasteiger partial charge in [-0.05, 0) is 30.3 Å². The molecule has 0 aliphatic heterocycles. The van der Waals surface area contributed by atoms with Crippen LogP contribution in [0.5, 0.6) is 11.5 Å². The number of ether oxygens (including phenoxy) is 2. The molecule has 2 aromatic rings. The molecule has 1 N–H and O–H groups in total. The average Bonchev–Trinajstić information content (AvgIpc) is 2.61. The Balaban J connectivity index is 2.33. The molecular weight excluding hydrogens is 418 g/mol. The number of alkyl halides is 2. The minimum Gasteiger partial charge on any atom is -0.493 e. The van der Waals surface area contributed by atoms with Gasteiger partial charge < -0.3 is 14.8 Å². The molecule has 0 bridgehead atoms. The fourth-order valence-electron chi connectivity index (χ4n) is 2.18. The van der Waals surface area contributed by atoms with Crippen LogP contribution < -0.4 is 14.8 Å². The number of nitrogens with one attached hydrogen (secondary N) is 1. The molecule has 1 amide bonds. The predicted molar refractivity (Wildman–Crippen MR) is 99.9 cm³/mol. The summed E-state index contributed by atoms with van der Waals surface area (Å²) in [6.07, 6.45) is 0. The number of methoxy groups -OCH3 is 1. The molecule has 0 fully saturated rings. The van der Waals surface area contributed by atoms with Crippen LogP contribution in [0.25, 0.3) is 0 Å². The van der Waals surface area contributed by atoms with Crippen molar-refractivity contribution < 1.29 is 31.5 Å². The number of carbonyl (C=O) groups excluding carboxylic acids is 1. The molecule has 0 aliphatic carbocycles. The maximum atomic E-state index is 12.5. The van der Waals surface area contributed by atoms with E-state index in [0.717, 1.165) is 16.4 Å². The lowest BCUT2D eigenvalue weighted by molar-refractivity contribution is -0.0511. The third kappa shape index (κ3) is 4.89. The van der Waals surface area contributed by atoms with Crippen LogP contribution in [0, 0.1) is 0 Å². The highest BCUT2D eigenvalue weighted by Crippen LogP contribution is 2.32. The fraction of sp³-hybridized carbons (Fsp3) is 0.235. The Hall–Kier alpha value is -2.43. The van der Waals surface area contributed by atoms with Gasteiger partial charge in [-0.15, -0.1) is 0 Å². The topological polar surface area (TPSA) is 84.9 Å². The molecule has 7 nitrogen and oxygen atoms in total. The second-order valence-electron chi connectivity index (χ2n) is 5.63. The number of rotatable bonds is 7. The van der Waals surface area contributed by atoms with E-state index in [-0.39, 0.29) is 32.7 Å². The Labute approximate surface area is 165 Å². The summed E-state index contributed by atoms with van der Waals surface area (Å²) >= 11 is 5.95. The van der Waals surface area contributed by atoms with Crippen molar-refractivity contribution in [1.29, 1.82) is 0 Å². The van der Waals surface area contributed by atoms with Gasteiger partial charge in [0, 0.05) is 31.4 Å². The van der Waals surface area contributed by atoms with Crippen LogP contribution in [-0.4, -0.2) is 46.4 Å². The molecule has 0 atom stereocenters. The maximum absolute atomic E-state index is 12.5. The SMILES string of the molecule is COc1ccc(NC(=O)c2ccc(Cl)c(S(=O)(=O)N(C)C)c2)cc1OC(F)F. The van der Waals surface area contributed by atoms with E-state index >= 15 is 0 Å². The fourth-order valence-corrected chi connectivity index (χ4v) is 3.58. The molecule has 0 saturated heterocycles. The van der Waals surface area contributed by atoms with E-state index in [1.54, 1.807) is 0 Å². The van der Waals surface area contributed by atoms with Gasteiger partial charge in [0.1, 0.15) is 4.90 Å². The van der Waals surface area contributed by atoms with Gasteiger partial charge >= 0.3 is 6.61 Å². The lowest BCUT2D eigenvalue weighted by atomic mass is 10.2.